The third-order valence-corrected chi connectivity index (χ3v) is 3.69. The molecule has 1 aromatic rings. The molecule has 0 aliphatic carbocycles. The van der Waals surface area contributed by atoms with Gasteiger partial charge in [-0.15, -0.1) is 0 Å². The summed E-state index contributed by atoms with van der Waals surface area (Å²) in [5, 5.41) is 9.27. The van der Waals surface area contributed by atoms with E-state index in [1.807, 2.05) is 40.7 Å². The largest absolute Gasteiger partial charge is 0.444 e. The Morgan fingerprint density at radius 1 is 1.39 bits per heavy atom. The fraction of sp³-hybridized carbons (Fsp3) is 0.588. The Balaban J connectivity index is 2.12. The van der Waals surface area contributed by atoms with Crippen molar-refractivity contribution in [1.29, 1.82) is 5.26 Å². The number of nitrogens with zero attached hydrogens (tertiary/aromatic N) is 4. The summed E-state index contributed by atoms with van der Waals surface area (Å²) in [5.41, 5.74) is 0.940. The maximum Gasteiger partial charge on any atom is 0.410 e. The number of amides is 1. The van der Waals surface area contributed by atoms with E-state index in [4.69, 9.17) is 4.74 Å². The van der Waals surface area contributed by atoms with Crippen molar-refractivity contribution < 1.29 is 9.53 Å². The molecule has 1 amide bonds. The first-order valence-corrected chi connectivity index (χ1v) is 7.83. The van der Waals surface area contributed by atoms with Crippen molar-refractivity contribution in [2.45, 2.75) is 46.3 Å². The van der Waals surface area contributed by atoms with Gasteiger partial charge in [0, 0.05) is 31.4 Å². The molecule has 0 unspecified atom stereocenters. The number of hydrogen-bond acceptors (Lipinski definition) is 5. The molecule has 6 heteroatoms. The van der Waals surface area contributed by atoms with E-state index < -0.39 is 5.60 Å². The van der Waals surface area contributed by atoms with E-state index >= 15 is 0 Å². The summed E-state index contributed by atoms with van der Waals surface area (Å²) in [6.45, 7) is 11.3. The highest BCUT2D eigenvalue weighted by Gasteiger charge is 2.31. The van der Waals surface area contributed by atoms with Crippen LogP contribution in [0.2, 0.25) is 0 Å². The number of ether oxygens (including phenoxy) is 1. The highest BCUT2D eigenvalue weighted by atomic mass is 16.6. The van der Waals surface area contributed by atoms with Crippen LogP contribution in [-0.4, -0.2) is 47.3 Å². The fourth-order valence-electron chi connectivity index (χ4n) is 2.61. The summed E-state index contributed by atoms with van der Waals surface area (Å²) in [7, 11) is 0. The molecule has 0 radical (unpaired) electrons. The van der Waals surface area contributed by atoms with Gasteiger partial charge in [-0.25, -0.2) is 9.78 Å². The van der Waals surface area contributed by atoms with Crippen LogP contribution in [0.4, 0.5) is 10.6 Å². The van der Waals surface area contributed by atoms with Crippen molar-refractivity contribution in [3.8, 4) is 6.07 Å². The zero-order valence-electron chi connectivity index (χ0n) is 14.5. The number of hydrogen-bond donors (Lipinski definition) is 0. The quantitative estimate of drug-likeness (QED) is 0.797. The van der Waals surface area contributed by atoms with Crippen molar-refractivity contribution in [2.24, 2.45) is 0 Å². The van der Waals surface area contributed by atoms with Crippen LogP contribution < -0.4 is 4.90 Å². The van der Waals surface area contributed by atoms with Gasteiger partial charge in [-0.3, -0.25) is 0 Å². The van der Waals surface area contributed by atoms with Crippen molar-refractivity contribution >= 4 is 11.9 Å². The number of piperazine rings is 1. The highest BCUT2D eigenvalue weighted by Crippen LogP contribution is 2.22. The molecule has 1 aliphatic rings. The minimum atomic E-state index is -0.500. The van der Waals surface area contributed by atoms with Gasteiger partial charge in [0.15, 0.2) is 0 Å². The summed E-state index contributed by atoms with van der Waals surface area (Å²) in [5.74, 6) is 0.697. The summed E-state index contributed by atoms with van der Waals surface area (Å²) in [4.78, 5) is 20.6. The van der Waals surface area contributed by atoms with Crippen LogP contribution in [0.25, 0.3) is 0 Å². The molecule has 2 heterocycles. The molecule has 6 nitrogen and oxygen atoms in total. The molecule has 0 bridgehead atoms. The Bertz CT molecular complexity index is 630. The van der Waals surface area contributed by atoms with Crippen LogP contribution >= 0.6 is 0 Å². The smallest absolute Gasteiger partial charge is 0.410 e. The molecule has 0 spiro atoms. The molecule has 0 aromatic carbocycles. The van der Waals surface area contributed by atoms with Crippen LogP contribution in [0.1, 0.15) is 39.0 Å². The van der Waals surface area contributed by atoms with E-state index in [2.05, 4.69) is 16.0 Å². The summed E-state index contributed by atoms with van der Waals surface area (Å²) >= 11 is 0. The minimum Gasteiger partial charge on any atom is -0.444 e. The number of aromatic nitrogens is 1. The van der Waals surface area contributed by atoms with Crippen LogP contribution in [-0.2, 0) is 4.74 Å². The number of carbonyl (C=O) groups is 1. The number of anilines is 1. The van der Waals surface area contributed by atoms with Crippen molar-refractivity contribution in [1.82, 2.24) is 9.88 Å². The van der Waals surface area contributed by atoms with Gasteiger partial charge in [-0.2, -0.15) is 5.26 Å². The van der Waals surface area contributed by atoms with E-state index in [-0.39, 0.29) is 12.1 Å². The predicted octanol–water partition coefficient (Wildman–Crippen LogP) is 2.71. The van der Waals surface area contributed by atoms with Gasteiger partial charge >= 0.3 is 6.09 Å². The number of carbonyl (C=O) groups excluding carboxylic acids is 1. The first-order valence-electron chi connectivity index (χ1n) is 7.83. The van der Waals surface area contributed by atoms with E-state index in [1.165, 1.54) is 0 Å². The van der Waals surface area contributed by atoms with Crippen LogP contribution in [0, 0.1) is 18.3 Å². The molecule has 1 aromatic heterocycles. The molecule has 23 heavy (non-hydrogen) atoms. The lowest BCUT2D eigenvalue weighted by atomic mass is 10.1. The Morgan fingerprint density at radius 3 is 2.65 bits per heavy atom. The molecule has 0 saturated carbocycles. The van der Waals surface area contributed by atoms with E-state index in [9.17, 15) is 10.1 Å². The number of aryl methyl sites for hydroxylation is 1. The lowest BCUT2D eigenvalue weighted by molar-refractivity contribution is 0.0158. The van der Waals surface area contributed by atoms with Gasteiger partial charge in [-0.05, 0) is 46.8 Å². The molecule has 1 saturated heterocycles. The third-order valence-electron chi connectivity index (χ3n) is 3.69. The van der Waals surface area contributed by atoms with Crippen molar-refractivity contribution in [2.75, 3.05) is 24.5 Å². The first-order chi connectivity index (χ1) is 10.7. The molecule has 2 rings (SSSR count). The average Bonchev–Trinajstić information content (AvgIpc) is 2.45. The monoisotopic (exact) mass is 316 g/mol. The van der Waals surface area contributed by atoms with Gasteiger partial charge in [0.05, 0.1) is 5.56 Å². The Kier molecular flexibility index (Phi) is 4.79. The molecule has 0 N–H and O–H groups in total. The Hall–Kier alpha value is -2.29. The van der Waals surface area contributed by atoms with E-state index in [0.717, 1.165) is 5.69 Å². The van der Waals surface area contributed by atoms with E-state index in [0.29, 0.717) is 31.0 Å². The fourth-order valence-corrected chi connectivity index (χ4v) is 2.61. The van der Waals surface area contributed by atoms with Gasteiger partial charge in [0.1, 0.15) is 17.5 Å². The SMILES string of the molecule is Cc1ccc(C#N)c(N2CCN(C(=O)OC(C)(C)C)[C@H](C)C2)n1. The maximum atomic E-state index is 12.3. The summed E-state index contributed by atoms with van der Waals surface area (Å²) < 4.78 is 5.45. The van der Waals surface area contributed by atoms with Gasteiger partial charge in [0.25, 0.3) is 0 Å². The molecule has 1 atom stereocenters. The molecular formula is C17H24N4O2. The maximum absolute atomic E-state index is 12.3. The van der Waals surface area contributed by atoms with Gasteiger partial charge in [0.2, 0.25) is 0 Å². The highest BCUT2D eigenvalue weighted by molar-refractivity contribution is 5.69. The van der Waals surface area contributed by atoms with Crippen molar-refractivity contribution in [3.63, 3.8) is 0 Å². The van der Waals surface area contributed by atoms with E-state index in [1.54, 1.807) is 11.0 Å². The zero-order valence-corrected chi connectivity index (χ0v) is 14.5. The second kappa shape index (κ2) is 6.45. The Morgan fingerprint density at radius 2 is 2.09 bits per heavy atom. The normalized spacial score (nSPS) is 18.5. The minimum absolute atomic E-state index is 0.00699. The molecule has 124 valence electrons. The third kappa shape index (κ3) is 4.13. The van der Waals surface area contributed by atoms with Crippen LogP contribution in [0.15, 0.2) is 12.1 Å². The lowest BCUT2D eigenvalue weighted by Crippen LogP contribution is -2.55. The van der Waals surface area contributed by atoms with Crippen molar-refractivity contribution in [3.05, 3.63) is 23.4 Å². The molecule has 1 fully saturated rings. The predicted molar refractivity (Wildman–Crippen MR) is 88.3 cm³/mol. The second-order valence-corrected chi connectivity index (χ2v) is 6.90. The zero-order chi connectivity index (χ0) is 17.2. The second-order valence-electron chi connectivity index (χ2n) is 6.90. The lowest BCUT2D eigenvalue weighted by Gasteiger charge is -2.40. The van der Waals surface area contributed by atoms with Gasteiger partial charge in [-0.1, -0.05) is 0 Å². The van der Waals surface area contributed by atoms with Crippen LogP contribution in [0.5, 0.6) is 0 Å². The average molecular weight is 316 g/mol. The molecular weight excluding hydrogens is 292 g/mol. The van der Waals surface area contributed by atoms with Gasteiger partial charge < -0.3 is 14.5 Å². The Labute approximate surface area is 137 Å². The number of nitriles is 1. The van der Waals surface area contributed by atoms with Crippen LogP contribution in [0.3, 0.4) is 0 Å². The summed E-state index contributed by atoms with van der Waals surface area (Å²) in [6, 6.07) is 5.81. The number of rotatable bonds is 1. The number of pyridine rings is 1. The first kappa shape index (κ1) is 17.1. The molecule has 1 aliphatic heterocycles. The topological polar surface area (TPSA) is 69.5 Å². The standard InChI is InChI=1S/C17H24N4O2/c1-12-6-7-14(10-18)15(19-12)20-8-9-21(13(2)11-20)16(22)23-17(3,4)5/h6-7,13H,8-9,11H2,1-5H3/t13-/m1/s1. The summed E-state index contributed by atoms with van der Waals surface area (Å²) in [6.07, 6.45) is -0.289.